The zero-order chi connectivity index (χ0) is 20.7. The maximum atomic E-state index is 12.0. The molecule has 0 saturated heterocycles. The van der Waals surface area contributed by atoms with E-state index in [1.807, 2.05) is 24.3 Å². The average Bonchev–Trinajstić information content (AvgIpc) is 2.68. The molecule has 2 N–H and O–H groups in total. The van der Waals surface area contributed by atoms with Gasteiger partial charge in [-0.3, -0.25) is 9.79 Å². The summed E-state index contributed by atoms with van der Waals surface area (Å²) >= 11 is 3.48. The monoisotopic (exact) mass is 444 g/mol. The molecule has 2 rings (SSSR count). The molecule has 5 nitrogen and oxygen atoms in total. The first kappa shape index (κ1) is 22.0. The van der Waals surface area contributed by atoms with Gasteiger partial charge in [-0.1, -0.05) is 54.0 Å². The minimum atomic E-state index is -0.0352. The smallest absolute Gasteiger partial charge is 0.253 e. The number of hydrogen-bond donors (Lipinski definition) is 2. The zero-order valence-corrected chi connectivity index (χ0v) is 18.8. The van der Waals surface area contributed by atoms with Gasteiger partial charge in [0.25, 0.3) is 5.91 Å². The molecule has 0 bridgehead atoms. The zero-order valence-electron chi connectivity index (χ0n) is 17.2. The molecule has 2 aromatic carbocycles. The Balaban J connectivity index is 1.90. The first-order valence-corrected chi connectivity index (χ1v) is 10.0. The van der Waals surface area contributed by atoms with Crippen LogP contribution in [-0.2, 0) is 12.0 Å². The number of halogens is 1. The number of hydrogen-bond acceptors (Lipinski definition) is 2. The van der Waals surface area contributed by atoms with Crippen LogP contribution >= 0.6 is 15.9 Å². The Hall–Kier alpha value is -2.34. The Kier molecular flexibility index (Phi) is 7.63. The summed E-state index contributed by atoms with van der Waals surface area (Å²) in [7, 11) is 5.27. The van der Waals surface area contributed by atoms with Crippen molar-refractivity contribution in [3.63, 3.8) is 0 Å². The number of amides is 1. The molecule has 0 aliphatic carbocycles. The van der Waals surface area contributed by atoms with E-state index in [1.54, 1.807) is 26.0 Å². The van der Waals surface area contributed by atoms with E-state index in [2.05, 4.69) is 69.7 Å². The molecule has 0 spiro atoms. The van der Waals surface area contributed by atoms with Gasteiger partial charge in [-0.05, 0) is 35.4 Å². The van der Waals surface area contributed by atoms with Gasteiger partial charge in [-0.2, -0.15) is 0 Å². The number of aliphatic imine (C=N–C) groups is 1. The van der Waals surface area contributed by atoms with Gasteiger partial charge >= 0.3 is 0 Å². The van der Waals surface area contributed by atoms with Gasteiger partial charge in [0.1, 0.15) is 0 Å². The van der Waals surface area contributed by atoms with Gasteiger partial charge in [0.05, 0.1) is 0 Å². The molecule has 0 aromatic heterocycles. The number of nitrogens with one attached hydrogen (secondary N) is 2. The highest BCUT2D eigenvalue weighted by Crippen LogP contribution is 2.24. The van der Waals surface area contributed by atoms with Crippen LogP contribution in [0.5, 0.6) is 0 Å². The van der Waals surface area contributed by atoms with Crippen LogP contribution in [0.2, 0.25) is 0 Å². The van der Waals surface area contributed by atoms with Crippen LogP contribution in [0, 0.1) is 0 Å². The lowest BCUT2D eigenvalue weighted by Gasteiger charge is -2.27. The van der Waals surface area contributed by atoms with Crippen molar-refractivity contribution in [2.75, 3.05) is 27.7 Å². The molecular formula is C22H29BrN4O. The van der Waals surface area contributed by atoms with Crippen molar-refractivity contribution >= 4 is 27.8 Å². The van der Waals surface area contributed by atoms with E-state index in [4.69, 9.17) is 0 Å². The topological polar surface area (TPSA) is 56.7 Å². The van der Waals surface area contributed by atoms with E-state index in [-0.39, 0.29) is 11.3 Å². The largest absolute Gasteiger partial charge is 0.356 e. The molecule has 2 aromatic rings. The molecule has 0 fully saturated rings. The van der Waals surface area contributed by atoms with Crippen molar-refractivity contribution in [3.8, 4) is 0 Å². The molecule has 28 heavy (non-hydrogen) atoms. The van der Waals surface area contributed by atoms with E-state index in [9.17, 15) is 4.79 Å². The molecule has 0 atom stereocenters. The van der Waals surface area contributed by atoms with Crippen LogP contribution in [0.1, 0.15) is 35.3 Å². The Bertz CT molecular complexity index is 811. The summed E-state index contributed by atoms with van der Waals surface area (Å²) in [6.45, 7) is 5.80. The van der Waals surface area contributed by atoms with Crippen LogP contribution in [0.15, 0.2) is 58.0 Å². The Labute approximate surface area is 176 Å². The summed E-state index contributed by atoms with van der Waals surface area (Å²) in [6.07, 6.45) is 0. The fraction of sp³-hybridized carbons (Fsp3) is 0.364. The van der Waals surface area contributed by atoms with E-state index in [1.165, 1.54) is 5.56 Å². The van der Waals surface area contributed by atoms with Crippen molar-refractivity contribution in [2.24, 2.45) is 4.99 Å². The quantitative estimate of drug-likeness (QED) is 0.526. The lowest BCUT2D eigenvalue weighted by molar-refractivity contribution is 0.0827. The minimum absolute atomic E-state index is 0.00663. The van der Waals surface area contributed by atoms with Gasteiger partial charge in [0, 0.05) is 49.7 Å². The van der Waals surface area contributed by atoms with Crippen LogP contribution in [-0.4, -0.2) is 44.5 Å². The Morgan fingerprint density at radius 2 is 1.64 bits per heavy atom. The molecule has 0 aliphatic rings. The maximum absolute atomic E-state index is 12.0. The molecule has 0 aliphatic heterocycles. The van der Waals surface area contributed by atoms with Gasteiger partial charge in [0.2, 0.25) is 0 Å². The number of carbonyl (C=O) groups excluding carboxylic acids is 1. The van der Waals surface area contributed by atoms with Gasteiger partial charge < -0.3 is 15.5 Å². The standard InChI is InChI=1S/C22H29BrN4O/c1-22(2,18-10-12-19(23)13-11-18)15-26-21(24-3)25-14-16-6-8-17(9-7-16)20(28)27(4)5/h6-13H,14-15H2,1-5H3,(H2,24,25,26). The lowest BCUT2D eigenvalue weighted by Crippen LogP contribution is -2.43. The number of carbonyl (C=O) groups is 1. The van der Waals surface area contributed by atoms with Crippen molar-refractivity contribution in [2.45, 2.75) is 25.8 Å². The number of guanidine groups is 1. The molecule has 0 heterocycles. The van der Waals surface area contributed by atoms with Gasteiger partial charge in [0.15, 0.2) is 5.96 Å². The predicted molar refractivity (Wildman–Crippen MR) is 120 cm³/mol. The highest BCUT2D eigenvalue weighted by atomic mass is 79.9. The maximum Gasteiger partial charge on any atom is 0.253 e. The van der Waals surface area contributed by atoms with Crippen molar-refractivity contribution < 1.29 is 4.79 Å². The summed E-state index contributed by atoms with van der Waals surface area (Å²) < 4.78 is 1.08. The van der Waals surface area contributed by atoms with Crippen LogP contribution in [0.4, 0.5) is 0 Å². The average molecular weight is 445 g/mol. The highest BCUT2D eigenvalue weighted by Gasteiger charge is 2.20. The SMILES string of the molecule is CN=C(NCc1ccc(C(=O)N(C)C)cc1)NCC(C)(C)c1ccc(Br)cc1. The highest BCUT2D eigenvalue weighted by molar-refractivity contribution is 9.10. The minimum Gasteiger partial charge on any atom is -0.356 e. The second-order valence-electron chi connectivity index (χ2n) is 7.57. The Morgan fingerprint density at radius 1 is 1.04 bits per heavy atom. The summed E-state index contributed by atoms with van der Waals surface area (Å²) in [6, 6.07) is 16.0. The molecule has 0 radical (unpaired) electrons. The Morgan fingerprint density at radius 3 is 2.18 bits per heavy atom. The fourth-order valence-electron chi connectivity index (χ4n) is 2.74. The molecule has 0 unspecified atom stereocenters. The summed E-state index contributed by atoms with van der Waals surface area (Å²) in [5, 5.41) is 6.73. The van der Waals surface area contributed by atoms with Crippen LogP contribution in [0.25, 0.3) is 0 Å². The van der Waals surface area contributed by atoms with E-state index >= 15 is 0 Å². The number of nitrogens with zero attached hydrogens (tertiary/aromatic N) is 2. The second-order valence-corrected chi connectivity index (χ2v) is 8.48. The first-order valence-electron chi connectivity index (χ1n) is 9.24. The second kappa shape index (κ2) is 9.73. The summed E-state index contributed by atoms with van der Waals surface area (Å²) in [5.41, 5.74) is 3.00. The molecule has 150 valence electrons. The van der Waals surface area contributed by atoms with Crippen molar-refractivity contribution in [3.05, 3.63) is 69.7 Å². The van der Waals surface area contributed by atoms with Gasteiger partial charge in [-0.15, -0.1) is 0 Å². The van der Waals surface area contributed by atoms with Crippen molar-refractivity contribution in [1.29, 1.82) is 0 Å². The first-order chi connectivity index (χ1) is 13.2. The van der Waals surface area contributed by atoms with Crippen LogP contribution < -0.4 is 10.6 Å². The molecule has 0 saturated carbocycles. The third-order valence-electron chi connectivity index (χ3n) is 4.61. The molecular weight excluding hydrogens is 416 g/mol. The molecule has 6 heteroatoms. The van der Waals surface area contributed by atoms with Gasteiger partial charge in [-0.25, -0.2) is 0 Å². The number of benzene rings is 2. The number of rotatable bonds is 6. The molecule has 1 amide bonds. The van der Waals surface area contributed by atoms with Crippen LogP contribution in [0.3, 0.4) is 0 Å². The van der Waals surface area contributed by atoms with E-state index < -0.39 is 0 Å². The summed E-state index contributed by atoms with van der Waals surface area (Å²) in [4.78, 5) is 17.8. The fourth-order valence-corrected chi connectivity index (χ4v) is 3.00. The van der Waals surface area contributed by atoms with Crippen molar-refractivity contribution in [1.82, 2.24) is 15.5 Å². The van der Waals surface area contributed by atoms with E-state index in [0.717, 1.165) is 22.5 Å². The normalized spacial score (nSPS) is 11.9. The summed E-state index contributed by atoms with van der Waals surface area (Å²) in [5.74, 6) is 0.755. The third-order valence-corrected chi connectivity index (χ3v) is 5.14. The third kappa shape index (κ3) is 6.09. The van der Waals surface area contributed by atoms with E-state index in [0.29, 0.717) is 12.1 Å². The predicted octanol–water partition coefficient (Wildman–Crippen LogP) is 3.79. The lowest BCUT2D eigenvalue weighted by atomic mass is 9.85.